The summed E-state index contributed by atoms with van der Waals surface area (Å²) in [5.74, 6) is 0.345. The summed E-state index contributed by atoms with van der Waals surface area (Å²) in [6.07, 6.45) is 5.25. The zero-order chi connectivity index (χ0) is 30.3. The first-order valence-electron chi connectivity index (χ1n) is 13.9. The summed E-state index contributed by atoms with van der Waals surface area (Å²) in [7, 11) is -3.88. The van der Waals surface area contributed by atoms with E-state index in [0.29, 0.717) is 39.2 Å². The van der Waals surface area contributed by atoms with Gasteiger partial charge in [-0.2, -0.15) is 0 Å². The second-order valence-corrected chi connectivity index (χ2v) is 13.1. The Labute approximate surface area is 257 Å². The highest BCUT2D eigenvalue weighted by molar-refractivity contribution is 7.92. The Morgan fingerprint density at radius 1 is 0.976 bits per heavy atom. The Morgan fingerprint density at radius 3 is 2.21 bits per heavy atom. The molecular weight excluding hydrogens is 597 g/mol. The molecule has 0 aliphatic heterocycles. The highest BCUT2D eigenvalue weighted by atomic mass is 35.5. The van der Waals surface area contributed by atoms with Gasteiger partial charge in [-0.25, -0.2) is 8.42 Å². The molecule has 11 heteroatoms. The van der Waals surface area contributed by atoms with Crippen LogP contribution in [0.5, 0.6) is 11.5 Å². The van der Waals surface area contributed by atoms with Crippen molar-refractivity contribution in [2.45, 2.75) is 57.7 Å². The lowest BCUT2D eigenvalue weighted by molar-refractivity contribution is -0.140. The third-order valence-electron chi connectivity index (χ3n) is 7.23. The van der Waals surface area contributed by atoms with Crippen LogP contribution in [0.15, 0.2) is 72.8 Å². The molecule has 0 aromatic heterocycles. The van der Waals surface area contributed by atoms with Crippen molar-refractivity contribution in [3.63, 3.8) is 0 Å². The van der Waals surface area contributed by atoms with Gasteiger partial charge in [0.05, 0.1) is 11.9 Å². The average Bonchev–Trinajstić information content (AvgIpc) is 3.46. The van der Waals surface area contributed by atoms with E-state index in [2.05, 4.69) is 5.32 Å². The average molecular weight is 633 g/mol. The Morgan fingerprint density at radius 2 is 1.62 bits per heavy atom. The van der Waals surface area contributed by atoms with Crippen LogP contribution in [0.4, 0.5) is 5.69 Å². The Balaban J connectivity index is 1.60. The number of nitrogens with zero attached hydrogens (tertiary/aromatic N) is 2. The van der Waals surface area contributed by atoms with Crippen LogP contribution in [0, 0.1) is 0 Å². The normalized spacial score (nSPS) is 14.3. The van der Waals surface area contributed by atoms with Crippen molar-refractivity contribution >= 4 is 50.7 Å². The lowest BCUT2D eigenvalue weighted by atomic mass is 10.1. The molecule has 0 heterocycles. The maximum Gasteiger partial charge on any atom is 0.244 e. The number of hydrogen-bond donors (Lipinski definition) is 1. The van der Waals surface area contributed by atoms with Crippen molar-refractivity contribution in [3.8, 4) is 11.5 Å². The number of sulfonamides is 1. The lowest BCUT2D eigenvalue weighted by Crippen LogP contribution is -2.53. The van der Waals surface area contributed by atoms with E-state index in [1.807, 2.05) is 37.3 Å². The van der Waals surface area contributed by atoms with E-state index in [1.165, 1.54) is 4.90 Å². The van der Waals surface area contributed by atoms with Gasteiger partial charge in [0, 0.05) is 22.6 Å². The number of benzene rings is 3. The summed E-state index contributed by atoms with van der Waals surface area (Å²) in [6.45, 7) is 1.32. The van der Waals surface area contributed by atoms with Crippen molar-refractivity contribution in [3.05, 3.63) is 88.4 Å². The van der Waals surface area contributed by atoms with Crippen molar-refractivity contribution in [1.29, 1.82) is 0 Å². The molecule has 0 radical (unpaired) electrons. The van der Waals surface area contributed by atoms with Gasteiger partial charge in [-0.15, -0.1) is 0 Å². The molecule has 0 saturated heterocycles. The molecule has 42 heavy (non-hydrogen) atoms. The summed E-state index contributed by atoms with van der Waals surface area (Å²) in [6, 6.07) is 19.8. The Bertz CT molecular complexity index is 1480. The van der Waals surface area contributed by atoms with Crippen LogP contribution >= 0.6 is 23.2 Å². The molecule has 224 valence electrons. The quantitative estimate of drug-likeness (QED) is 0.249. The second kappa shape index (κ2) is 14.3. The zero-order valence-corrected chi connectivity index (χ0v) is 26.0. The largest absolute Gasteiger partial charge is 0.457 e. The number of carbonyl (C=O) groups excluding carboxylic acids is 2. The first-order chi connectivity index (χ1) is 20.0. The number of halogens is 2. The molecule has 0 spiro atoms. The van der Waals surface area contributed by atoms with Crippen molar-refractivity contribution < 1.29 is 22.7 Å². The van der Waals surface area contributed by atoms with E-state index in [4.69, 9.17) is 27.9 Å². The van der Waals surface area contributed by atoms with E-state index >= 15 is 0 Å². The smallest absolute Gasteiger partial charge is 0.244 e. The number of anilines is 1. The fourth-order valence-corrected chi connectivity index (χ4v) is 6.36. The molecule has 1 fully saturated rings. The highest BCUT2D eigenvalue weighted by Gasteiger charge is 2.33. The second-order valence-electron chi connectivity index (χ2n) is 10.4. The van der Waals surface area contributed by atoms with E-state index < -0.39 is 28.5 Å². The van der Waals surface area contributed by atoms with Crippen LogP contribution < -0.4 is 14.4 Å². The van der Waals surface area contributed by atoms with Gasteiger partial charge < -0.3 is 15.0 Å². The van der Waals surface area contributed by atoms with Gasteiger partial charge in [0.25, 0.3) is 0 Å². The molecule has 0 unspecified atom stereocenters. The molecule has 1 saturated carbocycles. The van der Waals surface area contributed by atoms with Crippen LogP contribution in [0.25, 0.3) is 0 Å². The summed E-state index contributed by atoms with van der Waals surface area (Å²) >= 11 is 12.5. The van der Waals surface area contributed by atoms with E-state index in [-0.39, 0.29) is 18.5 Å². The Hall–Kier alpha value is -3.27. The van der Waals surface area contributed by atoms with Crippen molar-refractivity contribution in [1.82, 2.24) is 10.2 Å². The summed E-state index contributed by atoms with van der Waals surface area (Å²) in [4.78, 5) is 28.8. The number of nitrogens with one attached hydrogen (secondary N) is 1. The minimum absolute atomic E-state index is 0.00683. The molecule has 3 aromatic rings. The molecule has 4 rings (SSSR count). The predicted molar refractivity (Wildman–Crippen MR) is 167 cm³/mol. The van der Waals surface area contributed by atoms with Gasteiger partial charge in [0.15, 0.2) is 0 Å². The molecule has 1 aliphatic rings. The minimum Gasteiger partial charge on any atom is -0.457 e. The summed E-state index contributed by atoms with van der Waals surface area (Å²) in [5.41, 5.74) is 0.883. The minimum atomic E-state index is -3.88. The number of para-hydroxylation sites is 1. The van der Waals surface area contributed by atoms with E-state index in [9.17, 15) is 18.0 Å². The monoisotopic (exact) mass is 631 g/mol. The van der Waals surface area contributed by atoms with Crippen LogP contribution in [-0.2, 0) is 26.2 Å². The molecule has 3 aromatic carbocycles. The third kappa shape index (κ3) is 8.40. The lowest BCUT2D eigenvalue weighted by Gasteiger charge is -2.33. The molecule has 1 atom stereocenters. The van der Waals surface area contributed by atoms with Gasteiger partial charge in [-0.05, 0) is 73.4 Å². The van der Waals surface area contributed by atoms with E-state index in [0.717, 1.165) is 36.2 Å². The maximum atomic E-state index is 14.0. The number of amides is 2. The van der Waals surface area contributed by atoms with Crippen LogP contribution in [0.3, 0.4) is 0 Å². The molecular formula is C31H35Cl2N3O5S. The van der Waals surface area contributed by atoms with Crippen LogP contribution in [-0.4, -0.2) is 50.0 Å². The first-order valence-corrected chi connectivity index (χ1v) is 16.5. The summed E-state index contributed by atoms with van der Waals surface area (Å²) in [5, 5.41) is 3.87. The molecule has 1 N–H and O–H groups in total. The fraction of sp³-hybridized carbons (Fsp3) is 0.355. The number of carbonyl (C=O) groups is 2. The third-order valence-corrected chi connectivity index (χ3v) is 8.95. The molecule has 2 amide bonds. The van der Waals surface area contributed by atoms with Crippen LogP contribution in [0.2, 0.25) is 10.0 Å². The topological polar surface area (TPSA) is 96.0 Å². The SMILES string of the molecule is CC[C@H](C(=O)NC1CCCC1)N(Cc1ccc(Cl)cc1Cl)C(=O)CN(c1ccc(Oc2ccccc2)cc1)S(C)(=O)=O. The van der Waals surface area contributed by atoms with Crippen molar-refractivity contribution in [2.24, 2.45) is 0 Å². The van der Waals surface area contributed by atoms with Gasteiger partial charge >= 0.3 is 0 Å². The maximum absolute atomic E-state index is 14.0. The van der Waals surface area contributed by atoms with Gasteiger partial charge in [0.1, 0.15) is 24.1 Å². The summed E-state index contributed by atoms with van der Waals surface area (Å²) < 4.78 is 32.7. The van der Waals surface area contributed by atoms with Gasteiger partial charge in [-0.3, -0.25) is 13.9 Å². The predicted octanol–water partition coefficient (Wildman–Crippen LogP) is 6.42. The van der Waals surface area contributed by atoms with Crippen LogP contribution in [0.1, 0.15) is 44.6 Å². The zero-order valence-electron chi connectivity index (χ0n) is 23.6. The van der Waals surface area contributed by atoms with Gasteiger partial charge in [0.2, 0.25) is 21.8 Å². The van der Waals surface area contributed by atoms with Gasteiger partial charge in [-0.1, -0.05) is 67.2 Å². The van der Waals surface area contributed by atoms with E-state index in [1.54, 1.807) is 42.5 Å². The Kier molecular flexibility index (Phi) is 10.8. The molecule has 8 nitrogen and oxygen atoms in total. The highest BCUT2D eigenvalue weighted by Crippen LogP contribution is 2.28. The fourth-order valence-electron chi connectivity index (χ4n) is 5.04. The molecule has 1 aliphatic carbocycles. The number of hydrogen-bond acceptors (Lipinski definition) is 5. The van der Waals surface area contributed by atoms with Crippen molar-refractivity contribution in [2.75, 3.05) is 17.1 Å². The number of rotatable bonds is 12. The first kappa shape index (κ1) is 31.7. The standard InChI is InChI=1S/C31H35Cl2N3O5S/c1-3-29(31(38)34-24-9-7-8-10-24)35(20-22-13-14-23(32)19-28(22)33)30(37)21-36(42(2,39)40)25-15-17-27(18-16-25)41-26-11-5-4-6-12-26/h4-6,11-19,24,29H,3,7-10,20-21H2,1-2H3,(H,34,38)/t29-/m1/s1. The molecule has 0 bridgehead atoms. The number of ether oxygens (including phenoxy) is 1.